The molecular formula is C14H21N3O. The van der Waals surface area contributed by atoms with Gasteiger partial charge in [-0.15, -0.1) is 0 Å². The lowest BCUT2D eigenvalue weighted by Gasteiger charge is -2.32. The molecule has 0 aliphatic carbocycles. The van der Waals surface area contributed by atoms with Crippen molar-refractivity contribution in [1.82, 2.24) is 14.8 Å². The van der Waals surface area contributed by atoms with Crippen LogP contribution < -0.4 is 0 Å². The second-order valence-electron chi connectivity index (χ2n) is 4.87. The number of piperazine rings is 1. The highest BCUT2D eigenvalue weighted by Crippen LogP contribution is 2.08. The van der Waals surface area contributed by atoms with E-state index in [-0.39, 0.29) is 5.78 Å². The quantitative estimate of drug-likeness (QED) is 0.754. The van der Waals surface area contributed by atoms with Crippen molar-refractivity contribution >= 4 is 5.78 Å². The average molecular weight is 247 g/mol. The van der Waals surface area contributed by atoms with E-state index >= 15 is 0 Å². The van der Waals surface area contributed by atoms with Gasteiger partial charge >= 0.3 is 0 Å². The number of rotatable bonds is 4. The van der Waals surface area contributed by atoms with Gasteiger partial charge in [0.2, 0.25) is 0 Å². The highest BCUT2D eigenvalue weighted by Gasteiger charge is 2.14. The van der Waals surface area contributed by atoms with E-state index in [9.17, 15) is 4.79 Å². The normalized spacial score (nSPS) is 17.9. The van der Waals surface area contributed by atoms with Gasteiger partial charge in [-0.05, 0) is 19.2 Å². The number of carbonyl (C=O) groups excluding carboxylic acids is 1. The first-order valence-corrected chi connectivity index (χ1v) is 6.59. The first kappa shape index (κ1) is 13.2. The number of ketones is 1. The average Bonchev–Trinajstić information content (AvgIpc) is 2.41. The standard InChI is InChI=1S/C14H21N3O/c1-3-14(18)13-6-4-5-12(15-13)11-17-9-7-16(2)8-10-17/h4-6H,3,7-11H2,1-2H3. The van der Waals surface area contributed by atoms with Crippen molar-refractivity contribution in [2.75, 3.05) is 33.2 Å². The Hall–Kier alpha value is -1.26. The maximum absolute atomic E-state index is 11.6. The summed E-state index contributed by atoms with van der Waals surface area (Å²) < 4.78 is 0. The summed E-state index contributed by atoms with van der Waals surface area (Å²) in [6, 6.07) is 5.74. The second-order valence-corrected chi connectivity index (χ2v) is 4.87. The third kappa shape index (κ3) is 3.37. The van der Waals surface area contributed by atoms with E-state index < -0.39 is 0 Å². The van der Waals surface area contributed by atoms with Crippen LogP contribution in [0.4, 0.5) is 0 Å². The van der Waals surface area contributed by atoms with Gasteiger partial charge in [-0.1, -0.05) is 13.0 Å². The Balaban J connectivity index is 1.99. The van der Waals surface area contributed by atoms with Gasteiger partial charge < -0.3 is 4.90 Å². The van der Waals surface area contributed by atoms with E-state index in [4.69, 9.17) is 0 Å². The monoisotopic (exact) mass is 247 g/mol. The molecule has 0 amide bonds. The third-order valence-corrected chi connectivity index (χ3v) is 3.40. The number of pyridine rings is 1. The van der Waals surface area contributed by atoms with Gasteiger partial charge in [0, 0.05) is 39.1 Å². The SMILES string of the molecule is CCC(=O)c1cccc(CN2CCN(C)CC2)n1. The second kappa shape index (κ2) is 6.07. The van der Waals surface area contributed by atoms with Gasteiger partial charge in [0.15, 0.2) is 5.78 Å². The molecule has 0 unspecified atom stereocenters. The van der Waals surface area contributed by atoms with E-state index in [0.717, 1.165) is 38.4 Å². The predicted molar refractivity (Wildman–Crippen MR) is 71.6 cm³/mol. The molecule has 4 nitrogen and oxygen atoms in total. The van der Waals surface area contributed by atoms with Gasteiger partial charge in [0.1, 0.15) is 5.69 Å². The minimum atomic E-state index is 0.121. The van der Waals surface area contributed by atoms with Crippen LogP contribution in [0.3, 0.4) is 0 Å². The summed E-state index contributed by atoms with van der Waals surface area (Å²) >= 11 is 0. The van der Waals surface area contributed by atoms with Crippen LogP contribution in [0.1, 0.15) is 29.5 Å². The zero-order valence-corrected chi connectivity index (χ0v) is 11.2. The summed E-state index contributed by atoms with van der Waals surface area (Å²) in [7, 11) is 2.15. The molecule has 2 heterocycles. The molecule has 98 valence electrons. The van der Waals surface area contributed by atoms with Crippen LogP contribution in [0.25, 0.3) is 0 Å². The van der Waals surface area contributed by atoms with E-state index in [1.54, 1.807) is 6.07 Å². The zero-order chi connectivity index (χ0) is 13.0. The van der Waals surface area contributed by atoms with Crippen LogP contribution in [-0.2, 0) is 6.54 Å². The van der Waals surface area contributed by atoms with Crippen molar-refractivity contribution in [3.63, 3.8) is 0 Å². The molecule has 4 heteroatoms. The molecule has 1 fully saturated rings. The molecule has 1 aromatic heterocycles. The van der Waals surface area contributed by atoms with Crippen LogP contribution in [0.5, 0.6) is 0 Å². The molecule has 1 aromatic rings. The summed E-state index contributed by atoms with van der Waals surface area (Å²) in [6.45, 7) is 7.07. The Morgan fingerprint density at radius 2 is 2.00 bits per heavy atom. The molecule has 1 aliphatic heterocycles. The number of Topliss-reactive ketones (excluding diaryl/α,β-unsaturated/α-hetero) is 1. The number of hydrogen-bond donors (Lipinski definition) is 0. The molecule has 0 N–H and O–H groups in total. The molecule has 0 bridgehead atoms. The van der Waals surface area contributed by atoms with Crippen LogP contribution in [0, 0.1) is 0 Å². The minimum Gasteiger partial charge on any atom is -0.304 e. The van der Waals surface area contributed by atoms with Crippen molar-refractivity contribution in [3.8, 4) is 0 Å². The summed E-state index contributed by atoms with van der Waals surface area (Å²) in [5.74, 6) is 0.121. The molecule has 0 atom stereocenters. The molecule has 2 rings (SSSR count). The van der Waals surface area contributed by atoms with Crippen molar-refractivity contribution in [3.05, 3.63) is 29.6 Å². The smallest absolute Gasteiger partial charge is 0.180 e. The minimum absolute atomic E-state index is 0.121. The van der Waals surface area contributed by atoms with Gasteiger partial charge in [-0.25, -0.2) is 4.98 Å². The van der Waals surface area contributed by atoms with E-state index in [0.29, 0.717) is 12.1 Å². The Bertz CT molecular complexity index is 411. The third-order valence-electron chi connectivity index (χ3n) is 3.40. The van der Waals surface area contributed by atoms with Crippen LogP contribution in [0.15, 0.2) is 18.2 Å². The Morgan fingerprint density at radius 1 is 1.28 bits per heavy atom. The number of carbonyl (C=O) groups is 1. The predicted octanol–water partition coefficient (Wildman–Crippen LogP) is 1.42. The highest BCUT2D eigenvalue weighted by molar-refractivity contribution is 5.93. The number of nitrogens with zero attached hydrogens (tertiary/aromatic N) is 3. The van der Waals surface area contributed by atoms with Crippen LogP contribution in [-0.4, -0.2) is 53.8 Å². The van der Waals surface area contributed by atoms with Crippen LogP contribution >= 0.6 is 0 Å². The summed E-state index contributed by atoms with van der Waals surface area (Å²) in [5, 5.41) is 0. The molecule has 0 aromatic carbocycles. The molecule has 1 aliphatic rings. The van der Waals surface area contributed by atoms with E-state index in [1.165, 1.54) is 0 Å². The zero-order valence-electron chi connectivity index (χ0n) is 11.2. The molecule has 0 spiro atoms. The molecule has 1 saturated heterocycles. The number of aromatic nitrogens is 1. The summed E-state index contributed by atoms with van der Waals surface area (Å²) in [6.07, 6.45) is 0.519. The molecule has 18 heavy (non-hydrogen) atoms. The molecule has 0 saturated carbocycles. The Labute approximate surface area is 109 Å². The lowest BCUT2D eigenvalue weighted by Crippen LogP contribution is -2.44. The van der Waals surface area contributed by atoms with Crippen molar-refractivity contribution < 1.29 is 4.79 Å². The van der Waals surface area contributed by atoms with E-state index in [1.807, 2.05) is 19.1 Å². The van der Waals surface area contributed by atoms with Gasteiger partial charge in [-0.2, -0.15) is 0 Å². The maximum atomic E-state index is 11.6. The lowest BCUT2D eigenvalue weighted by molar-refractivity contribution is 0.0982. The van der Waals surface area contributed by atoms with Crippen molar-refractivity contribution in [2.45, 2.75) is 19.9 Å². The van der Waals surface area contributed by atoms with Gasteiger partial charge in [0.05, 0.1) is 5.69 Å². The van der Waals surface area contributed by atoms with Crippen molar-refractivity contribution in [2.24, 2.45) is 0 Å². The fourth-order valence-electron chi connectivity index (χ4n) is 2.14. The summed E-state index contributed by atoms with van der Waals surface area (Å²) in [5.41, 5.74) is 1.60. The largest absolute Gasteiger partial charge is 0.304 e. The first-order valence-electron chi connectivity index (χ1n) is 6.59. The van der Waals surface area contributed by atoms with Gasteiger partial charge in [-0.3, -0.25) is 9.69 Å². The van der Waals surface area contributed by atoms with Crippen molar-refractivity contribution in [1.29, 1.82) is 0 Å². The number of hydrogen-bond acceptors (Lipinski definition) is 4. The highest BCUT2D eigenvalue weighted by atomic mass is 16.1. The fraction of sp³-hybridized carbons (Fsp3) is 0.571. The first-order chi connectivity index (χ1) is 8.69. The molecule has 0 radical (unpaired) electrons. The number of likely N-dealkylation sites (N-methyl/N-ethyl adjacent to an activating group) is 1. The lowest BCUT2D eigenvalue weighted by atomic mass is 10.2. The van der Waals surface area contributed by atoms with Gasteiger partial charge in [0.25, 0.3) is 0 Å². The maximum Gasteiger partial charge on any atom is 0.180 e. The topological polar surface area (TPSA) is 36.4 Å². The fourth-order valence-corrected chi connectivity index (χ4v) is 2.14. The Kier molecular flexibility index (Phi) is 4.44. The van der Waals surface area contributed by atoms with Crippen LogP contribution in [0.2, 0.25) is 0 Å². The van der Waals surface area contributed by atoms with E-state index in [2.05, 4.69) is 21.8 Å². The molecular weight excluding hydrogens is 226 g/mol. The Morgan fingerprint density at radius 3 is 2.67 bits per heavy atom. The summed E-state index contributed by atoms with van der Waals surface area (Å²) in [4.78, 5) is 20.8.